The maximum absolute atomic E-state index is 13.2. The van der Waals surface area contributed by atoms with E-state index in [2.05, 4.69) is 22.9 Å². The van der Waals surface area contributed by atoms with Gasteiger partial charge in [-0.15, -0.1) is 0 Å². The molecule has 10 atom stereocenters. The molecule has 10 nitrogen and oxygen atoms in total. The fraction of sp³-hybridized carbons (Fsp3) is 0.750. The van der Waals surface area contributed by atoms with E-state index in [1.54, 1.807) is 19.2 Å². The smallest absolute Gasteiger partial charge is 0.311 e. The number of benzene rings is 1. The number of halogens is 1. The summed E-state index contributed by atoms with van der Waals surface area (Å²) in [6.45, 7) is 11.3. The Labute approximate surface area is 262 Å². The molecule has 0 aromatic heterocycles. The maximum Gasteiger partial charge on any atom is 0.311 e. The zero-order chi connectivity index (χ0) is 31.9. The van der Waals surface area contributed by atoms with Crippen LogP contribution >= 0.6 is 15.9 Å². The lowest BCUT2D eigenvalue weighted by molar-refractivity contribution is -0.452. The summed E-state index contributed by atoms with van der Waals surface area (Å²) in [5.41, 5.74) is 0.239. The summed E-state index contributed by atoms with van der Waals surface area (Å²) in [7, 11) is 1.63. The molecular weight excluding hydrogens is 624 g/mol. The highest BCUT2D eigenvalue weighted by atomic mass is 79.9. The minimum atomic E-state index is -1.89. The zero-order valence-corrected chi connectivity index (χ0v) is 27.8. The van der Waals surface area contributed by atoms with Crippen LogP contribution in [0.4, 0.5) is 0 Å². The van der Waals surface area contributed by atoms with Gasteiger partial charge in [0.05, 0.1) is 35.6 Å². The summed E-state index contributed by atoms with van der Waals surface area (Å²) in [4.78, 5) is 26.1. The number of methoxy groups -OCH3 is 1. The third-order valence-electron chi connectivity index (χ3n) is 9.80. The van der Waals surface area contributed by atoms with E-state index in [1.165, 1.54) is 6.92 Å². The Morgan fingerprint density at radius 1 is 1.09 bits per heavy atom. The molecule has 11 heteroatoms. The van der Waals surface area contributed by atoms with Crippen LogP contribution in [0.1, 0.15) is 91.7 Å². The van der Waals surface area contributed by atoms with Crippen LogP contribution < -0.4 is 0 Å². The van der Waals surface area contributed by atoms with E-state index in [4.69, 9.17) is 23.7 Å². The number of phenolic OH excluding ortho intramolecular Hbond substituents is 1. The standard InChI is InChI=1S/C32H47BrO10/c1-17(8-11-24(39-7)21-9-10-22(33)23(35)12-21)29-19(3)26-15-32(42-29)30(5,6)14-18(2)31(38,43-32)16-28(37)40-25(20(4)34)13-27(36)41-26/h9-10,12,17-20,24-26,29,34-35,38H,8,11,13-16H2,1-7H3/t17-,18+,19?,20+,24-,25+,26-,29+,31-,32-/m0/s1. The van der Waals surface area contributed by atoms with E-state index in [1.807, 2.05) is 33.8 Å². The molecule has 3 bridgehead atoms. The van der Waals surface area contributed by atoms with Gasteiger partial charge in [-0.1, -0.05) is 40.7 Å². The van der Waals surface area contributed by atoms with E-state index in [9.17, 15) is 24.9 Å². The third kappa shape index (κ3) is 7.07. The van der Waals surface area contributed by atoms with Gasteiger partial charge in [0, 0.05) is 30.8 Å². The van der Waals surface area contributed by atoms with Gasteiger partial charge >= 0.3 is 11.9 Å². The van der Waals surface area contributed by atoms with Crippen molar-refractivity contribution in [1.82, 2.24) is 0 Å². The summed E-state index contributed by atoms with van der Waals surface area (Å²) in [5, 5.41) is 32.2. The lowest BCUT2D eigenvalue weighted by atomic mass is 9.66. The van der Waals surface area contributed by atoms with Crippen molar-refractivity contribution < 1.29 is 48.6 Å². The first kappa shape index (κ1) is 34.1. The molecule has 3 heterocycles. The topological polar surface area (TPSA) is 141 Å². The van der Waals surface area contributed by atoms with Crippen molar-refractivity contribution in [3.63, 3.8) is 0 Å². The summed E-state index contributed by atoms with van der Waals surface area (Å²) in [6.07, 6.45) is -2.34. The second kappa shape index (κ2) is 12.9. The van der Waals surface area contributed by atoms with E-state index in [0.717, 1.165) is 5.56 Å². The molecule has 3 aliphatic rings. The number of phenols is 1. The number of hydrogen-bond donors (Lipinski definition) is 3. The van der Waals surface area contributed by atoms with Crippen molar-refractivity contribution in [3.05, 3.63) is 28.2 Å². The van der Waals surface area contributed by atoms with Crippen molar-refractivity contribution in [2.45, 2.75) is 122 Å². The summed E-state index contributed by atoms with van der Waals surface area (Å²) >= 11 is 3.32. The molecule has 0 radical (unpaired) electrons. The molecular formula is C32H47BrO10. The van der Waals surface area contributed by atoms with Crippen LogP contribution in [-0.2, 0) is 33.3 Å². The van der Waals surface area contributed by atoms with Crippen LogP contribution in [0.3, 0.4) is 0 Å². The first-order chi connectivity index (χ1) is 20.0. The Morgan fingerprint density at radius 2 is 1.79 bits per heavy atom. The second-order valence-electron chi connectivity index (χ2n) is 13.5. The Balaban J connectivity index is 1.66. The van der Waals surface area contributed by atoms with Gasteiger partial charge in [-0.05, 0) is 65.7 Å². The van der Waals surface area contributed by atoms with Gasteiger partial charge in [0.25, 0.3) is 0 Å². The van der Waals surface area contributed by atoms with Crippen molar-refractivity contribution >= 4 is 27.9 Å². The monoisotopic (exact) mass is 670 g/mol. The van der Waals surface area contributed by atoms with Crippen LogP contribution in [0.25, 0.3) is 0 Å². The highest BCUT2D eigenvalue weighted by Crippen LogP contribution is 2.57. The maximum atomic E-state index is 13.2. The van der Waals surface area contributed by atoms with E-state index >= 15 is 0 Å². The Morgan fingerprint density at radius 3 is 2.42 bits per heavy atom. The Kier molecular flexibility index (Phi) is 10.3. The normalized spacial score (nSPS) is 36.7. The minimum Gasteiger partial charge on any atom is -0.507 e. The van der Waals surface area contributed by atoms with Crippen molar-refractivity contribution in [2.75, 3.05) is 7.11 Å². The highest BCUT2D eigenvalue weighted by molar-refractivity contribution is 9.10. The second-order valence-corrected chi connectivity index (χ2v) is 14.4. The Hall–Kier alpha value is -1.76. The number of esters is 2. The van der Waals surface area contributed by atoms with Gasteiger partial charge in [0.15, 0.2) is 11.6 Å². The van der Waals surface area contributed by atoms with Crippen molar-refractivity contribution in [1.29, 1.82) is 0 Å². The first-order valence-corrected chi connectivity index (χ1v) is 16.0. The lowest BCUT2D eigenvalue weighted by Gasteiger charge is -2.61. The number of aromatic hydroxyl groups is 1. The molecule has 0 aliphatic carbocycles. The molecule has 3 N–H and O–H groups in total. The van der Waals surface area contributed by atoms with Crippen LogP contribution in [0.2, 0.25) is 0 Å². The van der Waals surface area contributed by atoms with E-state index in [-0.39, 0.29) is 36.5 Å². The number of carbonyl (C=O) groups is 2. The average Bonchev–Trinajstić information content (AvgIpc) is 2.90. The number of aliphatic hydroxyl groups is 2. The van der Waals surface area contributed by atoms with Gasteiger partial charge in [0.2, 0.25) is 0 Å². The van der Waals surface area contributed by atoms with Gasteiger partial charge in [-0.3, -0.25) is 9.59 Å². The molecule has 242 valence electrons. The number of aliphatic hydroxyl groups excluding tert-OH is 1. The van der Waals surface area contributed by atoms with Crippen LogP contribution in [0.5, 0.6) is 5.75 Å². The molecule has 43 heavy (non-hydrogen) atoms. The molecule has 4 rings (SSSR count). The van der Waals surface area contributed by atoms with E-state index < -0.39 is 65.7 Å². The molecule has 0 saturated carbocycles. The fourth-order valence-corrected chi connectivity index (χ4v) is 7.22. The van der Waals surface area contributed by atoms with E-state index in [0.29, 0.717) is 23.7 Å². The molecule has 3 saturated heterocycles. The quantitative estimate of drug-likeness (QED) is 0.334. The average molecular weight is 672 g/mol. The van der Waals surface area contributed by atoms with Crippen LogP contribution in [0, 0.1) is 23.2 Å². The molecule has 0 amide bonds. The molecule has 3 aliphatic heterocycles. The summed E-state index contributed by atoms with van der Waals surface area (Å²) < 4.78 is 31.3. The highest BCUT2D eigenvalue weighted by Gasteiger charge is 2.64. The number of hydrogen-bond acceptors (Lipinski definition) is 10. The predicted octanol–water partition coefficient (Wildman–Crippen LogP) is 5.15. The van der Waals surface area contributed by atoms with Crippen molar-refractivity contribution in [2.24, 2.45) is 23.2 Å². The zero-order valence-electron chi connectivity index (χ0n) is 26.2. The predicted molar refractivity (Wildman–Crippen MR) is 160 cm³/mol. The fourth-order valence-electron chi connectivity index (χ4n) is 6.98. The summed E-state index contributed by atoms with van der Waals surface area (Å²) in [6, 6.07) is 5.37. The molecule has 3 fully saturated rings. The third-order valence-corrected chi connectivity index (χ3v) is 10.5. The van der Waals surface area contributed by atoms with Crippen LogP contribution in [-0.4, -0.2) is 70.4 Å². The molecule has 1 unspecified atom stereocenters. The Bertz CT molecular complexity index is 1170. The largest absolute Gasteiger partial charge is 0.507 e. The summed E-state index contributed by atoms with van der Waals surface area (Å²) in [5.74, 6) is -5.19. The lowest BCUT2D eigenvalue weighted by Crippen LogP contribution is -2.68. The number of fused-ring (bicyclic) bond motifs is 2. The first-order valence-electron chi connectivity index (χ1n) is 15.2. The number of carbonyl (C=O) groups excluding carboxylic acids is 2. The van der Waals surface area contributed by atoms with Crippen LogP contribution in [0.15, 0.2) is 22.7 Å². The van der Waals surface area contributed by atoms with Gasteiger partial charge in [-0.2, -0.15) is 0 Å². The van der Waals surface area contributed by atoms with Gasteiger partial charge < -0.3 is 39.0 Å². The molecule has 1 aromatic rings. The molecule has 1 aromatic carbocycles. The number of ether oxygens (including phenoxy) is 5. The van der Waals surface area contributed by atoms with Gasteiger partial charge in [0.1, 0.15) is 18.0 Å². The minimum absolute atomic E-state index is 0.0509. The number of rotatable bonds is 7. The number of cyclic esters (lactones) is 1. The SMILES string of the molecule is CO[C@@H](CC[C@H](C)[C@H]1O[C@@]23C[C@H](OC(=O)C[C@H]([C@@H](C)O)OC(=O)C[C@](O)(O2)[C@H](C)CC3(C)C)C1C)c1ccc(Br)c(O)c1. The van der Waals surface area contributed by atoms with Gasteiger partial charge in [-0.25, -0.2) is 0 Å². The molecule has 1 spiro atoms. The van der Waals surface area contributed by atoms with Crippen molar-refractivity contribution in [3.8, 4) is 5.75 Å².